The molecule has 7 heteroatoms. The summed E-state index contributed by atoms with van der Waals surface area (Å²) in [5.74, 6) is -0.156. The minimum Gasteiger partial charge on any atom is -0.325 e. The van der Waals surface area contributed by atoms with Crippen LogP contribution in [0.4, 0.5) is 5.69 Å². The lowest BCUT2D eigenvalue weighted by Gasteiger charge is -2.08. The summed E-state index contributed by atoms with van der Waals surface area (Å²) in [4.78, 5) is 28.0. The number of para-hydroxylation sites is 1. The molecule has 2 aromatic heterocycles. The Kier molecular flexibility index (Phi) is 5.76. The van der Waals surface area contributed by atoms with Crippen molar-refractivity contribution in [2.24, 2.45) is 0 Å². The average Bonchev–Trinajstić information content (AvgIpc) is 2.66. The number of amides is 1. The van der Waals surface area contributed by atoms with Crippen LogP contribution in [0, 0.1) is 0 Å². The van der Waals surface area contributed by atoms with Crippen molar-refractivity contribution in [1.82, 2.24) is 14.8 Å². The number of carbonyl (C=O) groups is 1. The van der Waals surface area contributed by atoms with Gasteiger partial charge in [-0.1, -0.05) is 23.7 Å². The molecular formula is C19H17ClN4O2. The maximum absolute atomic E-state index is 12.0. The molecule has 0 aliphatic rings. The van der Waals surface area contributed by atoms with Crippen LogP contribution in [-0.2, 0) is 11.3 Å². The van der Waals surface area contributed by atoms with E-state index < -0.39 is 0 Å². The van der Waals surface area contributed by atoms with Crippen molar-refractivity contribution in [2.45, 2.75) is 19.4 Å². The van der Waals surface area contributed by atoms with Gasteiger partial charge in [-0.3, -0.25) is 14.6 Å². The van der Waals surface area contributed by atoms with Crippen molar-refractivity contribution in [1.29, 1.82) is 0 Å². The Morgan fingerprint density at radius 1 is 1.08 bits per heavy atom. The summed E-state index contributed by atoms with van der Waals surface area (Å²) in [7, 11) is 0. The van der Waals surface area contributed by atoms with E-state index in [9.17, 15) is 9.59 Å². The fourth-order valence-corrected chi connectivity index (χ4v) is 2.63. The predicted octanol–water partition coefficient (Wildman–Crippen LogP) is 3.38. The first-order chi connectivity index (χ1) is 12.6. The fourth-order valence-electron chi connectivity index (χ4n) is 2.45. The molecule has 1 N–H and O–H groups in total. The molecule has 0 radical (unpaired) electrons. The number of nitrogens with one attached hydrogen (secondary N) is 1. The Balaban J connectivity index is 1.60. The lowest BCUT2D eigenvalue weighted by Crippen LogP contribution is -2.23. The van der Waals surface area contributed by atoms with E-state index in [1.165, 1.54) is 10.7 Å². The summed E-state index contributed by atoms with van der Waals surface area (Å²) in [6, 6.07) is 13.9. The molecule has 0 atom stereocenters. The van der Waals surface area contributed by atoms with Gasteiger partial charge in [-0.25, -0.2) is 4.68 Å². The Bertz CT molecular complexity index is 957. The maximum Gasteiger partial charge on any atom is 0.266 e. The van der Waals surface area contributed by atoms with Crippen LogP contribution < -0.4 is 10.9 Å². The molecular weight excluding hydrogens is 352 g/mol. The Morgan fingerprint density at radius 2 is 1.85 bits per heavy atom. The molecule has 0 saturated carbocycles. The highest BCUT2D eigenvalue weighted by molar-refractivity contribution is 6.33. The van der Waals surface area contributed by atoms with Gasteiger partial charge in [0.1, 0.15) is 0 Å². The Hall–Kier alpha value is -2.99. The number of anilines is 1. The molecule has 3 aromatic rings. The summed E-state index contributed by atoms with van der Waals surface area (Å²) < 4.78 is 1.37. The van der Waals surface area contributed by atoms with Crippen molar-refractivity contribution in [2.75, 3.05) is 5.32 Å². The van der Waals surface area contributed by atoms with Crippen LogP contribution in [-0.4, -0.2) is 20.7 Å². The number of hydrogen-bond acceptors (Lipinski definition) is 4. The van der Waals surface area contributed by atoms with E-state index in [2.05, 4.69) is 15.4 Å². The van der Waals surface area contributed by atoms with Crippen LogP contribution >= 0.6 is 11.6 Å². The van der Waals surface area contributed by atoms with Crippen molar-refractivity contribution in [3.8, 4) is 11.3 Å². The van der Waals surface area contributed by atoms with E-state index in [0.29, 0.717) is 29.4 Å². The van der Waals surface area contributed by atoms with Crippen molar-refractivity contribution >= 4 is 23.2 Å². The molecule has 0 spiro atoms. The first kappa shape index (κ1) is 17.8. The molecule has 3 rings (SSSR count). The number of aryl methyl sites for hydroxylation is 1. The first-order valence-corrected chi connectivity index (χ1v) is 8.54. The van der Waals surface area contributed by atoms with Gasteiger partial charge in [-0.15, -0.1) is 0 Å². The second-order valence-electron chi connectivity index (χ2n) is 5.65. The van der Waals surface area contributed by atoms with Crippen LogP contribution in [0.2, 0.25) is 5.02 Å². The summed E-state index contributed by atoms with van der Waals surface area (Å²) >= 11 is 6.02. The minimum absolute atomic E-state index is 0.156. The first-order valence-electron chi connectivity index (χ1n) is 8.16. The summed E-state index contributed by atoms with van der Waals surface area (Å²) in [5.41, 5.74) is 1.95. The zero-order valence-electron chi connectivity index (χ0n) is 13.9. The van der Waals surface area contributed by atoms with Gasteiger partial charge in [-0.05, 0) is 36.8 Å². The third kappa shape index (κ3) is 4.55. The molecule has 0 unspecified atom stereocenters. The van der Waals surface area contributed by atoms with Crippen LogP contribution in [0.5, 0.6) is 0 Å². The van der Waals surface area contributed by atoms with E-state index >= 15 is 0 Å². The fraction of sp³-hybridized carbons (Fsp3) is 0.158. The number of carbonyl (C=O) groups excluding carboxylic acids is 1. The molecule has 0 bridgehead atoms. The molecule has 0 saturated heterocycles. The summed E-state index contributed by atoms with van der Waals surface area (Å²) in [5, 5.41) is 7.61. The number of rotatable bonds is 6. The highest BCUT2D eigenvalue weighted by Crippen LogP contribution is 2.20. The normalized spacial score (nSPS) is 10.5. The Morgan fingerprint density at radius 3 is 2.62 bits per heavy atom. The molecule has 0 fully saturated rings. The zero-order chi connectivity index (χ0) is 18.4. The highest BCUT2D eigenvalue weighted by Gasteiger charge is 2.07. The molecule has 1 amide bonds. The van der Waals surface area contributed by atoms with Gasteiger partial charge >= 0.3 is 0 Å². The summed E-state index contributed by atoms with van der Waals surface area (Å²) in [6.07, 6.45) is 4.10. The number of benzene rings is 1. The van der Waals surface area contributed by atoms with Gasteiger partial charge in [0.05, 0.1) is 16.4 Å². The van der Waals surface area contributed by atoms with Gasteiger partial charge in [0.15, 0.2) is 0 Å². The number of nitrogens with zero attached hydrogens (tertiary/aromatic N) is 3. The van der Waals surface area contributed by atoms with Crippen molar-refractivity contribution in [3.63, 3.8) is 0 Å². The molecule has 6 nitrogen and oxygen atoms in total. The smallest absolute Gasteiger partial charge is 0.266 e. The number of hydrogen-bond donors (Lipinski definition) is 1. The lowest BCUT2D eigenvalue weighted by atomic mass is 10.2. The van der Waals surface area contributed by atoms with Crippen LogP contribution in [0.1, 0.15) is 12.8 Å². The van der Waals surface area contributed by atoms with Gasteiger partial charge in [0, 0.05) is 37.0 Å². The number of halogens is 1. The van der Waals surface area contributed by atoms with Crippen LogP contribution in [0.15, 0.2) is 65.7 Å². The quantitative estimate of drug-likeness (QED) is 0.723. The lowest BCUT2D eigenvalue weighted by molar-refractivity contribution is -0.116. The van der Waals surface area contributed by atoms with E-state index in [-0.39, 0.29) is 17.9 Å². The largest absolute Gasteiger partial charge is 0.325 e. The van der Waals surface area contributed by atoms with Crippen LogP contribution in [0.3, 0.4) is 0 Å². The van der Waals surface area contributed by atoms with Crippen LogP contribution in [0.25, 0.3) is 11.3 Å². The van der Waals surface area contributed by atoms with Gasteiger partial charge in [-0.2, -0.15) is 5.10 Å². The number of pyridine rings is 1. The predicted molar refractivity (Wildman–Crippen MR) is 101 cm³/mol. The highest BCUT2D eigenvalue weighted by atomic mass is 35.5. The minimum atomic E-state index is -0.200. The third-order valence-corrected chi connectivity index (χ3v) is 4.09. The Labute approximate surface area is 155 Å². The van der Waals surface area contributed by atoms with Gasteiger partial charge < -0.3 is 5.32 Å². The van der Waals surface area contributed by atoms with E-state index in [1.54, 1.807) is 42.7 Å². The van der Waals surface area contributed by atoms with Gasteiger partial charge in [0.25, 0.3) is 5.56 Å². The van der Waals surface area contributed by atoms with E-state index in [4.69, 9.17) is 11.6 Å². The van der Waals surface area contributed by atoms with Gasteiger partial charge in [0.2, 0.25) is 5.91 Å². The SMILES string of the molecule is O=C(CCCn1nc(-c2ccncc2)ccc1=O)Nc1ccccc1Cl. The second kappa shape index (κ2) is 8.40. The molecule has 0 aliphatic carbocycles. The third-order valence-electron chi connectivity index (χ3n) is 3.76. The maximum atomic E-state index is 12.0. The monoisotopic (exact) mass is 368 g/mol. The molecule has 132 valence electrons. The van der Waals surface area contributed by atoms with Crippen molar-refractivity contribution in [3.05, 3.63) is 76.3 Å². The van der Waals surface area contributed by atoms with Crippen molar-refractivity contribution < 1.29 is 4.79 Å². The number of aromatic nitrogens is 3. The summed E-state index contributed by atoms with van der Waals surface area (Å²) in [6.45, 7) is 0.355. The van der Waals surface area contributed by atoms with E-state index in [1.807, 2.05) is 12.1 Å². The second-order valence-corrected chi connectivity index (χ2v) is 6.05. The zero-order valence-corrected chi connectivity index (χ0v) is 14.7. The molecule has 26 heavy (non-hydrogen) atoms. The van der Waals surface area contributed by atoms with E-state index in [0.717, 1.165) is 5.56 Å². The molecule has 0 aliphatic heterocycles. The average molecular weight is 369 g/mol. The molecule has 2 heterocycles. The topological polar surface area (TPSA) is 76.9 Å². The standard InChI is InChI=1S/C19H17ClN4O2/c20-15-4-1-2-5-17(15)22-18(25)6-3-13-24-19(26)8-7-16(23-24)14-9-11-21-12-10-14/h1-2,4-5,7-12H,3,6,13H2,(H,22,25). The molecule has 1 aromatic carbocycles.